The normalized spacial score (nSPS) is 12.0. The van der Waals surface area contributed by atoms with Crippen molar-refractivity contribution in [1.29, 1.82) is 0 Å². The van der Waals surface area contributed by atoms with Crippen LogP contribution in [0, 0.1) is 5.92 Å². The third kappa shape index (κ3) is 6.65. The molecule has 0 bridgehead atoms. The Balaban J connectivity index is 2.48. The van der Waals surface area contributed by atoms with E-state index in [9.17, 15) is 4.79 Å². The number of unbranched alkanes of at least 4 members (excludes halogenated alkanes) is 2. The number of ether oxygens (including phenoxy) is 1. The van der Waals surface area contributed by atoms with E-state index in [1.54, 1.807) is 0 Å². The molecule has 1 N–H and O–H groups in total. The van der Waals surface area contributed by atoms with Crippen LogP contribution in [0.2, 0.25) is 0 Å². The molecule has 1 rings (SSSR count). The highest BCUT2D eigenvalue weighted by molar-refractivity contribution is 5.92. The van der Waals surface area contributed by atoms with Crippen LogP contribution in [0.3, 0.4) is 0 Å². The van der Waals surface area contributed by atoms with E-state index in [2.05, 4.69) is 26.1 Å². The highest BCUT2D eigenvalue weighted by Crippen LogP contribution is 2.19. The van der Waals surface area contributed by atoms with Crippen LogP contribution in [0.25, 0.3) is 0 Å². The molecule has 1 aromatic carbocycles. The molecular formula is C18H29NO2. The molecule has 0 unspecified atom stereocenters. The second kappa shape index (κ2) is 10.3. The summed E-state index contributed by atoms with van der Waals surface area (Å²) in [6.45, 7) is 7.12. The average molecular weight is 291 g/mol. The Labute approximate surface area is 129 Å². The third-order valence-corrected chi connectivity index (χ3v) is 3.66. The molecule has 0 radical (unpaired) electrons. The molecule has 1 amide bonds. The number of carbonyl (C=O) groups excluding carboxylic acids is 1. The highest BCUT2D eigenvalue weighted by atomic mass is 16.5. The van der Waals surface area contributed by atoms with Gasteiger partial charge in [-0.15, -0.1) is 0 Å². The van der Waals surface area contributed by atoms with Crippen molar-refractivity contribution in [3.05, 3.63) is 24.3 Å². The fourth-order valence-corrected chi connectivity index (χ4v) is 2.18. The molecule has 0 saturated heterocycles. The number of hydrogen-bond donors (Lipinski definition) is 1. The molecule has 1 aromatic rings. The van der Waals surface area contributed by atoms with Crippen LogP contribution in [0.5, 0.6) is 5.75 Å². The van der Waals surface area contributed by atoms with Gasteiger partial charge >= 0.3 is 0 Å². The summed E-state index contributed by atoms with van der Waals surface area (Å²) in [7, 11) is 0. The van der Waals surface area contributed by atoms with Gasteiger partial charge in [0.2, 0.25) is 5.91 Å². The molecule has 0 fully saturated rings. The molecule has 3 heteroatoms. The Kier molecular flexibility index (Phi) is 8.56. The van der Waals surface area contributed by atoms with Gasteiger partial charge in [-0.1, -0.05) is 40.0 Å². The number of benzene rings is 1. The summed E-state index contributed by atoms with van der Waals surface area (Å²) in [5.41, 5.74) is 0.845. The van der Waals surface area contributed by atoms with Gasteiger partial charge in [-0.25, -0.2) is 0 Å². The van der Waals surface area contributed by atoms with Gasteiger partial charge in [0.25, 0.3) is 0 Å². The number of nitrogens with one attached hydrogen (secondary N) is 1. The van der Waals surface area contributed by atoms with E-state index in [1.807, 2.05) is 24.3 Å². The molecule has 1 atom stereocenters. The minimum Gasteiger partial charge on any atom is -0.494 e. The number of amides is 1. The van der Waals surface area contributed by atoms with Gasteiger partial charge in [0.15, 0.2) is 0 Å². The van der Waals surface area contributed by atoms with Gasteiger partial charge in [0.1, 0.15) is 5.75 Å². The van der Waals surface area contributed by atoms with E-state index in [-0.39, 0.29) is 11.8 Å². The maximum Gasteiger partial charge on any atom is 0.227 e. The summed E-state index contributed by atoms with van der Waals surface area (Å²) >= 11 is 0. The van der Waals surface area contributed by atoms with Gasteiger partial charge in [-0.3, -0.25) is 4.79 Å². The summed E-state index contributed by atoms with van der Waals surface area (Å²) < 4.78 is 5.62. The molecule has 0 aromatic heterocycles. The second-order valence-electron chi connectivity index (χ2n) is 5.46. The summed E-state index contributed by atoms with van der Waals surface area (Å²) in [4.78, 5) is 12.2. The van der Waals surface area contributed by atoms with Crippen molar-refractivity contribution in [1.82, 2.24) is 0 Å². The second-order valence-corrected chi connectivity index (χ2v) is 5.46. The first-order valence-electron chi connectivity index (χ1n) is 8.24. The first-order valence-corrected chi connectivity index (χ1v) is 8.24. The number of rotatable bonds is 10. The lowest BCUT2D eigenvalue weighted by molar-refractivity contribution is -0.120. The monoisotopic (exact) mass is 291 g/mol. The van der Waals surface area contributed by atoms with E-state index >= 15 is 0 Å². The Morgan fingerprint density at radius 2 is 1.76 bits per heavy atom. The molecule has 0 aliphatic heterocycles. The van der Waals surface area contributed by atoms with Gasteiger partial charge < -0.3 is 10.1 Å². The first kappa shape index (κ1) is 17.5. The van der Waals surface area contributed by atoms with Gasteiger partial charge in [0, 0.05) is 11.6 Å². The molecule has 21 heavy (non-hydrogen) atoms. The molecule has 3 nitrogen and oxygen atoms in total. The van der Waals surface area contributed by atoms with Crippen molar-refractivity contribution in [3.8, 4) is 5.75 Å². The summed E-state index contributed by atoms with van der Waals surface area (Å²) in [6, 6.07) is 7.65. The number of hydrogen-bond acceptors (Lipinski definition) is 2. The van der Waals surface area contributed by atoms with Crippen molar-refractivity contribution < 1.29 is 9.53 Å². The van der Waals surface area contributed by atoms with Gasteiger partial charge in [-0.2, -0.15) is 0 Å². The Morgan fingerprint density at radius 3 is 2.33 bits per heavy atom. The first-order chi connectivity index (χ1) is 10.2. The molecule has 0 aliphatic rings. The standard InChI is InChI=1S/C18H29NO2/c1-4-7-9-15(6-3)18(20)19-16-10-12-17(13-11-16)21-14-8-5-2/h10-13,15H,4-9,14H2,1-3H3,(H,19,20)/t15-/m1/s1. The Bertz CT molecular complexity index is 400. The lowest BCUT2D eigenvalue weighted by atomic mass is 9.98. The Hall–Kier alpha value is -1.51. The predicted molar refractivity (Wildman–Crippen MR) is 88.8 cm³/mol. The smallest absolute Gasteiger partial charge is 0.227 e. The maximum atomic E-state index is 12.2. The number of carbonyl (C=O) groups is 1. The highest BCUT2D eigenvalue weighted by Gasteiger charge is 2.15. The van der Waals surface area contributed by atoms with E-state index < -0.39 is 0 Å². The van der Waals surface area contributed by atoms with Crippen molar-refractivity contribution in [3.63, 3.8) is 0 Å². The lowest BCUT2D eigenvalue weighted by Gasteiger charge is -2.15. The zero-order valence-electron chi connectivity index (χ0n) is 13.7. The average Bonchev–Trinajstić information content (AvgIpc) is 2.50. The van der Waals surface area contributed by atoms with Gasteiger partial charge in [-0.05, 0) is 43.5 Å². The Morgan fingerprint density at radius 1 is 1.10 bits per heavy atom. The van der Waals surface area contributed by atoms with Crippen LogP contribution >= 0.6 is 0 Å². The van der Waals surface area contributed by atoms with E-state index in [1.165, 1.54) is 0 Å². The number of anilines is 1. The topological polar surface area (TPSA) is 38.3 Å². The minimum absolute atomic E-state index is 0.116. The minimum atomic E-state index is 0.116. The van der Waals surface area contributed by atoms with Crippen LogP contribution in [0.4, 0.5) is 5.69 Å². The van der Waals surface area contributed by atoms with Crippen molar-refractivity contribution in [2.75, 3.05) is 11.9 Å². The van der Waals surface area contributed by atoms with Crippen LogP contribution in [0.1, 0.15) is 59.3 Å². The van der Waals surface area contributed by atoms with E-state index in [0.29, 0.717) is 0 Å². The molecule has 0 saturated carbocycles. The van der Waals surface area contributed by atoms with Crippen molar-refractivity contribution >= 4 is 11.6 Å². The fraction of sp³-hybridized carbons (Fsp3) is 0.611. The molecule has 0 spiro atoms. The van der Waals surface area contributed by atoms with Crippen molar-refractivity contribution in [2.24, 2.45) is 5.92 Å². The van der Waals surface area contributed by atoms with Crippen LogP contribution in [-0.2, 0) is 4.79 Å². The predicted octanol–water partition coefficient (Wildman–Crippen LogP) is 5.02. The molecule has 0 aliphatic carbocycles. The summed E-state index contributed by atoms with van der Waals surface area (Å²) in [5.74, 6) is 1.11. The zero-order chi connectivity index (χ0) is 15.5. The van der Waals surface area contributed by atoms with Crippen LogP contribution < -0.4 is 10.1 Å². The van der Waals surface area contributed by atoms with Crippen LogP contribution in [0.15, 0.2) is 24.3 Å². The van der Waals surface area contributed by atoms with Crippen LogP contribution in [-0.4, -0.2) is 12.5 Å². The van der Waals surface area contributed by atoms with E-state index in [4.69, 9.17) is 4.74 Å². The fourth-order valence-electron chi connectivity index (χ4n) is 2.18. The largest absolute Gasteiger partial charge is 0.494 e. The maximum absolute atomic E-state index is 12.2. The summed E-state index contributed by atoms with van der Waals surface area (Å²) in [5, 5.41) is 3.00. The SMILES string of the molecule is CCCCOc1ccc(NC(=O)[C@H](CC)CCCC)cc1. The lowest BCUT2D eigenvalue weighted by Crippen LogP contribution is -2.22. The van der Waals surface area contributed by atoms with Gasteiger partial charge in [0.05, 0.1) is 6.61 Å². The third-order valence-electron chi connectivity index (χ3n) is 3.66. The zero-order valence-corrected chi connectivity index (χ0v) is 13.7. The van der Waals surface area contributed by atoms with E-state index in [0.717, 1.165) is 56.6 Å². The molecule has 118 valence electrons. The molecule has 0 heterocycles. The quantitative estimate of drug-likeness (QED) is 0.615. The van der Waals surface area contributed by atoms with Crippen molar-refractivity contribution in [2.45, 2.75) is 59.3 Å². The summed E-state index contributed by atoms with van der Waals surface area (Å²) in [6.07, 6.45) is 6.29. The molecular weight excluding hydrogens is 262 g/mol.